The molecule has 0 aliphatic heterocycles. The topological polar surface area (TPSA) is 76.3 Å². The third-order valence-electron chi connectivity index (χ3n) is 3.30. The summed E-state index contributed by atoms with van der Waals surface area (Å²) in [7, 11) is -1.88. The Labute approximate surface area is 102 Å². The zero-order chi connectivity index (χ0) is 12.5. The van der Waals surface area contributed by atoms with Crippen molar-refractivity contribution in [2.24, 2.45) is 0 Å². The van der Waals surface area contributed by atoms with Crippen molar-refractivity contribution < 1.29 is 8.42 Å². The Bertz CT molecular complexity index is 495. The van der Waals surface area contributed by atoms with Crippen molar-refractivity contribution in [3.05, 3.63) is 18.3 Å². The number of aromatic nitrogens is 1. The van der Waals surface area contributed by atoms with Crippen molar-refractivity contribution in [2.45, 2.75) is 36.6 Å². The molecule has 1 aliphatic rings. The molecule has 1 aromatic heterocycles. The average Bonchev–Trinajstić information content (AvgIpc) is 2.81. The van der Waals surface area contributed by atoms with Crippen molar-refractivity contribution in [1.82, 2.24) is 9.29 Å². The summed E-state index contributed by atoms with van der Waals surface area (Å²) in [5.41, 5.74) is 5.63. The molecule has 1 heterocycles. The smallest absolute Gasteiger partial charge is 0.246 e. The summed E-state index contributed by atoms with van der Waals surface area (Å²) >= 11 is 0. The molecule has 0 amide bonds. The van der Waals surface area contributed by atoms with E-state index in [1.54, 1.807) is 13.1 Å². The number of nitrogen functional groups attached to an aromatic ring is 1. The summed E-state index contributed by atoms with van der Waals surface area (Å²) in [4.78, 5) is 3.93. The Morgan fingerprint density at radius 1 is 1.41 bits per heavy atom. The first-order valence-electron chi connectivity index (χ1n) is 5.72. The summed E-state index contributed by atoms with van der Waals surface area (Å²) in [5, 5.41) is 0. The Kier molecular flexibility index (Phi) is 3.35. The molecule has 1 aromatic rings. The molecule has 0 atom stereocenters. The molecule has 0 saturated heterocycles. The second-order valence-electron chi connectivity index (χ2n) is 4.35. The summed E-state index contributed by atoms with van der Waals surface area (Å²) < 4.78 is 26.1. The normalized spacial score (nSPS) is 17.8. The van der Waals surface area contributed by atoms with E-state index in [4.69, 9.17) is 5.73 Å². The lowest BCUT2D eigenvalue weighted by Gasteiger charge is -2.23. The van der Waals surface area contributed by atoms with Gasteiger partial charge in [-0.25, -0.2) is 13.4 Å². The summed E-state index contributed by atoms with van der Waals surface area (Å²) in [6.07, 6.45) is 5.52. The molecule has 0 aromatic carbocycles. The number of sulfonamides is 1. The molecule has 17 heavy (non-hydrogen) atoms. The minimum Gasteiger partial charge on any atom is -0.383 e. The van der Waals surface area contributed by atoms with E-state index < -0.39 is 10.0 Å². The van der Waals surface area contributed by atoms with Crippen LogP contribution in [0.15, 0.2) is 23.2 Å². The highest BCUT2D eigenvalue weighted by Crippen LogP contribution is 2.28. The van der Waals surface area contributed by atoms with Gasteiger partial charge in [-0.15, -0.1) is 0 Å². The van der Waals surface area contributed by atoms with E-state index in [0.717, 1.165) is 25.7 Å². The van der Waals surface area contributed by atoms with Crippen molar-refractivity contribution in [3.8, 4) is 0 Å². The van der Waals surface area contributed by atoms with Crippen LogP contribution in [0, 0.1) is 0 Å². The van der Waals surface area contributed by atoms with Crippen LogP contribution in [0.3, 0.4) is 0 Å². The highest BCUT2D eigenvalue weighted by molar-refractivity contribution is 7.89. The number of anilines is 1. The van der Waals surface area contributed by atoms with Gasteiger partial charge in [-0.1, -0.05) is 12.8 Å². The van der Waals surface area contributed by atoms with Gasteiger partial charge in [0.2, 0.25) is 10.0 Å². The third-order valence-corrected chi connectivity index (χ3v) is 5.25. The molecular formula is C11H17N3O2S. The van der Waals surface area contributed by atoms with Crippen LogP contribution >= 0.6 is 0 Å². The minimum absolute atomic E-state index is 0.0670. The van der Waals surface area contributed by atoms with Gasteiger partial charge in [0.25, 0.3) is 0 Å². The number of rotatable bonds is 3. The fourth-order valence-corrected chi connectivity index (χ4v) is 3.72. The third kappa shape index (κ3) is 2.28. The molecule has 1 aliphatic carbocycles. The molecule has 1 saturated carbocycles. The summed E-state index contributed by atoms with van der Waals surface area (Å²) in [5.74, 6) is 0.0670. The van der Waals surface area contributed by atoms with Gasteiger partial charge in [0.1, 0.15) is 10.7 Å². The maximum absolute atomic E-state index is 12.3. The largest absolute Gasteiger partial charge is 0.383 e. The highest BCUT2D eigenvalue weighted by Gasteiger charge is 2.31. The van der Waals surface area contributed by atoms with Crippen molar-refractivity contribution in [2.75, 3.05) is 12.8 Å². The molecule has 0 spiro atoms. The van der Waals surface area contributed by atoms with E-state index in [9.17, 15) is 8.42 Å². The number of hydrogen-bond donors (Lipinski definition) is 1. The fourth-order valence-electron chi connectivity index (χ4n) is 2.24. The standard InChI is InChI=1S/C11H17N3O2S/c1-14(9-5-2-3-6-9)17(15,16)10-7-4-8-13-11(10)12/h4,7-9H,2-3,5-6H2,1H3,(H2,12,13). The van der Waals surface area contributed by atoms with Crippen LogP contribution in [-0.4, -0.2) is 30.8 Å². The second-order valence-corrected chi connectivity index (χ2v) is 6.31. The first-order chi connectivity index (χ1) is 8.03. The zero-order valence-corrected chi connectivity index (χ0v) is 10.7. The molecule has 2 rings (SSSR count). The van der Waals surface area contributed by atoms with Crippen molar-refractivity contribution in [1.29, 1.82) is 0 Å². The average molecular weight is 255 g/mol. The summed E-state index contributed by atoms with van der Waals surface area (Å²) in [6.45, 7) is 0. The van der Waals surface area contributed by atoms with Gasteiger partial charge in [-0.05, 0) is 25.0 Å². The van der Waals surface area contributed by atoms with Crippen LogP contribution < -0.4 is 5.73 Å². The second kappa shape index (κ2) is 4.62. The first kappa shape index (κ1) is 12.3. The number of nitrogens with zero attached hydrogens (tertiary/aromatic N) is 2. The zero-order valence-electron chi connectivity index (χ0n) is 9.83. The van der Waals surface area contributed by atoms with Gasteiger partial charge in [-0.2, -0.15) is 4.31 Å². The number of hydrogen-bond acceptors (Lipinski definition) is 4. The van der Waals surface area contributed by atoms with Gasteiger partial charge < -0.3 is 5.73 Å². The molecule has 0 bridgehead atoms. The van der Waals surface area contributed by atoms with E-state index in [1.807, 2.05) is 0 Å². The molecule has 1 fully saturated rings. The summed E-state index contributed by atoms with van der Waals surface area (Å²) in [6, 6.07) is 3.19. The lowest BCUT2D eigenvalue weighted by molar-refractivity contribution is 0.373. The molecule has 2 N–H and O–H groups in total. The molecule has 5 nitrogen and oxygen atoms in total. The Balaban J connectivity index is 2.33. The fraction of sp³-hybridized carbons (Fsp3) is 0.545. The minimum atomic E-state index is -3.51. The lowest BCUT2D eigenvalue weighted by Crippen LogP contribution is -2.35. The number of nitrogens with two attached hydrogens (primary N) is 1. The Morgan fingerprint density at radius 2 is 2.06 bits per heavy atom. The Hall–Kier alpha value is -1.14. The Morgan fingerprint density at radius 3 is 2.65 bits per heavy atom. The van der Waals surface area contributed by atoms with E-state index in [2.05, 4.69) is 4.98 Å². The van der Waals surface area contributed by atoms with Crippen LogP contribution in [0.25, 0.3) is 0 Å². The molecule has 94 valence electrons. The van der Waals surface area contributed by atoms with Gasteiger partial charge >= 0.3 is 0 Å². The monoisotopic (exact) mass is 255 g/mol. The van der Waals surface area contributed by atoms with Gasteiger partial charge in [-0.3, -0.25) is 0 Å². The van der Waals surface area contributed by atoms with Crippen LogP contribution in [0.4, 0.5) is 5.82 Å². The highest BCUT2D eigenvalue weighted by atomic mass is 32.2. The van der Waals surface area contributed by atoms with Crippen LogP contribution in [0.1, 0.15) is 25.7 Å². The van der Waals surface area contributed by atoms with Gasteiger partial charge in [0, 0.05) is 19.3 Å². The van der Waals surface area contributed by atoms with Gasteiger partial charge in [0.05, 0.1) is 0 Å². The van der Waals surface area contributed by atoms with Crippen molar-refractivity contribution >= 4 is 15.8 Å². The first-order valence-corrected chi connectivity index (χ1v) is 7.16. The SMILES string of the molecule is CN(C1CCCC1)S(=O)(=O)c1cccnc1N. The number of pyridine rings is 1. The molecule has 6 heteroatoms. The van der Waals surface area contributed by atoms with Crippen LogP contribution in [0.2, 0.25) is 0 Å². The maximum Gasteiger partial charge on any atom is 0.246 e. The quantitative estimate of drug-likeness (QED) is 0.881. The molecule has 0 radical (unpaired) electrons. The van der Waals surface area contributed by atoms with Crippen LogP contribution in [-0.2, 0) is 10.0 Å². The van der Waals surface area contributed by atoms with E-state index >= 15 is 0 Å². The predicted molar refractivity (Wildman–Crippen MR) is 65.9 cm³/mol. The van der Waals surface area contributed by atoms with Gasteiger partial charge in [0.15, 0.2) is 0 Å². The van der Waals surface area contributed by atoms with Crippen molar-refractivity contribution in [3.63, 3.8) is 0 Å². The lowest BCUT2D eigenvalue weighted by atomic mass is 10.3. The molecular weight excluding hydrogens is 238 g/mol. The molecule has 0 unspecified atom stereocenters. The predicted octanol–water partition coefficient (Wildman–Crippen LogP) is 1.23. The van der Waals surface area contributed by atoms with Crippen LogP contribution in [0.5, 0.6) is 0 Å². The van der Waals surface area contributed by atoms with E-state index in [-0.39, 0.29) is 16.8 Å². The maximum atomic E-state index is 12.3. The van der Waals surface area contributed by atoms with E-state index in [0.29, 0.717) is 0 Å². The van der Waals surface area contributed by atoms with E-state index in [1.165, 1.54) is 16.6 Å².